The van der Waals surface area contributed by atoms with Crippen LogP contribution in [0.4, 0.5) is 8.78 Å². The standard InChI is InChI=1S/C24H21ClF2N2O2/c25-19-8-5-16(6-9-19)15-31-24(17-7-10-20(26)21(27)13-17)23(18-3-1-11-28-14-18)29-12-2-4-22(29)30/h1,3,5-11,13-14,23-24H,2,4,12,15H2/t23-,24?/m0/s1. The van der Waals surface area contributed by atoms with E-state index in [2.05, 4.69) is 4.98 Å². The summed E-state index contributed by atoms with van der Waals surface area (Å²) in [6.45, 7) is 0.766. The summed E-state index contributed by atoms with van der Waals surface area (Å²) in [4.78, 5) is 18.6. The van der Waals surface area contributed by atoms with Crippen LogP contribution in [0.3, 0.4) is 0 Å². The Morgan fingerprint density at radius 2 is 1.87 bits per heavy atom. The predicted octanol–water partition coefficient (Wildman–Crippen LogP) is 5.63. The second-order valence-electron chi connectivity index (χ2n) is 7.45. The number of likely N-dealkylation sites (tertiary alicyclic amines) is 1. The number of carbonyl (C=O) groups excluding carboxylic acids is 1. The summed E-state index contributed by atoms with van der Waals surface area (Å²) in [5, 5.41) is 0.608. The van der Waals surface area contributed by atoms with Crippen LogP contribution in [0.25, 0.3) is 0 Å². The molecular formula is C24H21ClF2N2O2. The number of hydrogen-bond donors (Lipinski definition) is 0. The highest BCUT2D eigenvalue weighted by molar-refractivity contribution is 6.30. The van der Waals surface area contributed by atoms with Crippen molar-refractivity contribution in [3.63, 3.8) is 0 Å². The van der Waals surface area contributed by atoms with Crippen molar-refractivity contribution in [2.45, 2.75) is 31.6 Å². The molecule has 31 heavy (non-hydrogen) atoms. The fraction of sp³-hybridized carbons (Fsp3) is 0.250. The third-order valence-corrected chi connectivity index (χ3v) is 5.63. The SMILES string of the molecule is O=C1CCCN1[C@@H](c1cccnc1)C(OCc1ccc(Cl)cc1)c1ccc(F)c(F)c1. The molecule has 0 radical (unpaired) electrons. The lowest BCUT2D eigenvalue weighted by Gasteiger charge is -2.35. The number of pyridine rings is 1. The minimum Gasteiger partial charge on any atom is -0.366 e. The average molecular weight is 443 g/mol. The summed E-state index contributed by atoms with van der Waals surface area (Å²) in [6, 6.07) is 14.0. The minimum atomic E-state index is -0.963. The van der Waals surface area contributed by atoms with Gasteiger partial charge in [-0.3, -0.25) is 9.78 Å². The van der Waals surface area contributed by atoms with Crippen LogP contribution in [0.2, 0.25) is 5.02 Å². The number of ether oxygens (including phenoxy) is 1. The van der Waals surface area contributed by atoms with E-state index in [-0.39, 0.29) is 12.5 Å². The van der Waals surface area contributed by atoms with Gasteiger partial charge >= 0.3 is 0 Å². The number of hydrogen-bond acceptors (Lipinski definition) is 3. The van der Waals surface area contributed by atoms with Crippen LogP contribution < -0.4 is 0 Å². The summed E-state index contributed by atoms with van der Waals surface area (Å²) in [6.07, 6.45) is 3.77. The Morgan fingerprint density at radius 3 is 2.52 bits per heavy atom. The first kappa shape index (κ1) is 21.4. The summed E-state index contributed by atoms with van der Waals surface area (Å²) in [7, 11) is 0. The molecule has 1 amide bonds. The first-order valence-electron chi connectivity index (χ1n) is 10.0. The van der Waals surface area contributed by atoms with Crippen molar-refractivity contribution in [3.8, 4) is 0 Å². The van der Waals surface area contributed by atoms with Crippen LogP contribution in [0.1, 0.15) is 41.7 Å². The smallest absolute Gasteiger partial charge is 0.223 e. The van der Waals surface area contributed by atoms with Crippen LogP contribution >= 0.6 is 11.6 Å². The lowest BCUT2D eigenvalue weighted by Crippen LogP contribution is -2.35. The molecule has 7 heteroatoms. The topological polar surface area (TPSA) is 42.4 Å². The van der Waals surface area contributed by atoms with Gasteiger partial charge in [-0.1, -0.05) is 35.9 Å². The highest BCUT2D eigenvalue weighted by Gasteiger charge is 2.36. The van der Waals surface area contributed by atoms with E-state index in [1.165, 1.54) is 6.07 Å². The first-order chi connectivity index (χ1) is 15.0. The zero-order valence-corrected chi connectivity index (χ0v) is 17.4. The molecule has 2 heterocycles. The van der Waals surface area contributed by atoms with Gasteiger partial charge in [0.2, 0.25) is 5.91 Å². The van der Waals surface area contributed by atoms with E-state index >= 15 is 0 Å². The largest absolute Gasteiger partial charge is 0.366 e. The number of carbonyl (C=O) groups is 1. The van der Waals surface area contributed by atoms with E-state index < -0.39 is 23.8 Å². The lowest BCUT2D eigenvalue weighted by atomic mass is 9.95. The molecule has 0 spiro atoms. The van der Waals surface area contributed by atoms with Gasteiger partial charge in [-0.05, 0) is 53.4 Å². The molecule has 1 saturated heterocycles. The van der Waals surface area contributed by atoms with Gasteiger partial charge in [-0.25, -0.2) is 8.78 Å². The number of amides is 1. The van der Waals surface area contributed by atoms with Crippen molar-refractivity contribution in [3.05, 3.63) is 100 Å². The van der Waals surface area contributed by atoms with Gasteiger partial charge in [0, 0.05) is 30.4 Å². The van der Waals surface area contributed by atoms with Crippen LogP contribution in [-0.4, -0.2) is 22.3 Å². The fourth-order valence-electron chi connectivity index (χ4n) is 3.86. The zero-order valence-electron chi connectivity index (χ0n) is 16.7. The van der Waals surface area contributed by atoms with E-state index in [0.29, 0.717) is 23.6 Å². The highest BCUT2D eigenvalue weighted by atomic mass is 35.5. The fourth-order valence-corrected chi connectivity index (χ4v) is 3.98. The summed E-state index contributed by atoms with van der Waals surface area (Å²) in [5.41, 5.74) is 2.08. The Morgan fingerprint density at radius 1 is 1.06 bits per heavy atom. The van der Waals surface area contributed by atoms with E-state index in [4.69, 9.17) is 16.3 Å². The number of halogens is 3. The maximum atomic E-state index is 14.1. The van der Waals surface area contributed by atoms with Crippen molar-refractivity contribution in [1.82, 2.24) is 9.88 Å². The monoisotopic (exact) mass is 442 g/mol. The van der Waals surface area contributed by atoms with Gasteiger partial charge in [0.1, 0.15) is 6.10 Å². The summed E-state index contributed by atoms with van der Waals surface area (Å²) in [5.74, 6) is -1.90. The van der Waals surface area contributed by atoms with E-state index in [9.17, 15) is 13.6 Å². The molecule has 1 unspecified atom stereocenters. The van der Waals surface area contributed by atoms with Crippen molar-refractivity contribution < 1.29 is 18.3 Å². The molecule has 1 aliphatic heterocycles. The zero-order chi connectivity index (χ0) is 21.8. The normalized spacial score (nSPS) is 15.8. The van der Waals surface area contributed by atoms with Crippen LogP contribution in [0.15, 0.2) is 67.0 Å². The molecule has 2 atom stereocenters. The molecule has 1 aromatic heterocycles. The Balaban J connectivity index is 1.74. The molecule has 0 N–H and O–H groups in total. The van der Waals surface area contributed by atoms with Gasteiger partial charge in [-0.15, -0.1) is 0 Å². The van der Waals surface area contributed by atoms with Crippen LogP contribution in [-0.2, 0) is 16.1 Å². The molecule has 1 aliphatic rings. The number of rotatable bonds is 7. The van der Waals surface area contributed by atoms with Gasteiger partial charge in [0.15, 0.2) is 11.6 Å². The number of benzene rings is 2. The highest BCUT2D eigenvalue weighted by Crippen LogP contribution is 2.40. The third kappa shape index (κ3) is 4.92. The second kappa shape index (κ2) is 9.54. The van der Waals surface area contributed by atoms with E-state index in [1.807, 2.05) is 18.2 Å². The molecule has 3 aromatic rings. The molecule has 4 nitrogen and oxygen atoms in total. The summed E-state index contributed by atoms with van der Waals surface area (Å²) < 4.78 is 34.0. The second-order valence-corrected chi connectivity index (χ2v) is 7.89. The maximum absolute atomic E-state index is 14.1. The molecular weight excluding hydrogens is 422 g/mol. The van der Waals surface area contributed by atoms with Crippen molar-refractivity contribution >= 4 is 17.5 Å². The molecule has 0 aliphatic carbocycles. The first-order valence-corrected chi connectivity index (χ1v) is 10.4. The number of nitrogens with zero attached hydrogens (tertiary/aromatic N) is 2. The lowest BCUT2D eigenvalue weighted by molar-refractivity contribution is -0.134. The average Bonchev–Trinajstić information content (AvgIpc) is 3.20. The maximum Gasteiger partial charge on any atom is 0.223 e. The Bertz CT molecular complexity index is 1050. The Kier molecular flexibility index (Phi) is 6.59. The van der Waals surface area contributed by atoms with Gasteiger partial charge in [-0.2, -0.15) is 0 Å². The molecule has 1 fully saturated rings. The molecule has 0 bridgehead atoms. The van der Waals surface area contributed by atoms with E-state index in [0.717, 1.165) is 29.7 Å². The molecule has 160 valence electrons. The molecule has 4 rings (SSSR count). The van der Waals surface area contributed by atoms with Gasteiger partial charge in [0.25, 0.3) is 0 Å². The molecule has 2 aromatic carbocycles. The van der Waals surface area contributed by atoms with Crippen LogP contribution in [0, 0.1) is 11.6 Å². The van der Waals surface area contributed by atoms with Crippen molar-refractivity contribution in [2.75, 3.05) is 6.54 Å². The molecule has 0 saturated carbocycles. The minimum absolute atomic E-state index is 0.00321. The number of aromatic nitrogens is 1. The van der Waals surface area contributed by atoms with Gasteiger partial charge in [0.05, 0.1) is 12.6 Å². The van der Waals surface area contributed by atoms with Gasteiger partial charge < -0.3 is 9.64 Å². The summed E-state index contributed by atoms with van der Waals surface area (Å²) >= 11 is 5.97. The van der Waals surface area contributed by atoms with Crippen molar-refractivity contribution in [1.29, 1.82) is 0 Å². The Hall–Kier alpha value is -2.83. The van der Waals surface area contributed by atoms with E-state index in [1.54, 1.807) is 35.5 Å². The van der Waals surface area contributed by atoms with Crippen molar-refractivity contribution in [2.24, 2.45) is 0 Å². The quantitative estimate of drug-likeness (QED) is 0.476. The Labute approximate surface area is 184 Å². The predicted molar refractivity (Wildman–Crippen MR) is 113 cm³/mol. The third-order valence-electron chi connectivity index (χ3n) is 5.37. The van der Waals surface area contributed by atoms with Crippen LogP contribution in [0.5, 0.6) is 0 Å².